The van der Waals surface area contributed by atoms with E-state index in [0.29, 0.717) is 35.3 Å². The van der Waals surface area contributed by atoms with Gasteiger partial charge in [0.15, 0.2) is 0 Å². The maximum absolute atomic E-state index is 12.8. The standard InChI is InChI=1S/C22H23F3N4O3S.C14H20N2O3/c1-29(19-16-9-15(10-22(23,24)25)33-20(16)27-12-26-19)17-7-14(8-18(17)30)28-21(31)32-11-13-5-3-2-4-6-13;1-15-12-7-11(8-13(12)17)16-14(18)19-9-10-5-3-2-4-6-10/h2-6,9,12,14,17-18,30H,7-8,10-11H2,1H3,(H,28,31);2-6,11-13,15,17H,7-9H2,1H3,(H,16,18)/t14-,17+,18-;11-,12+,13-/m11/s1. The van der Waals surface area contributed by atoms with Crippen molar-refractivity contribution in [1.29, 1.82) is 0 Å². The molecule has 0 radical (unpaired) electrons. The Balaban J connectivity index is 0.000000233. The summed E-state index contributed by atoms with van der Waals surface area (Å²) in [4.78, 5) is 34.5. The molecule has 2 aromatic carbocycles. The van der Waals surface area contributed by atoms with Crippen molar-refractivity contribution < 1.29 is 42.4 Å². The zero-order valence-corrected chi connectivity index (χ0v) is 29.6. The number of likely N-dealkylation sites (N-methyl/N-ethyl adjacent to an activating group) is 2. The van der Waals surface area contributed by atoms with Crippen LogP contribution in [0.5, 0.6) is 0 Å². The Bertz CT molecular complexity index is 1750. The van der Waals surface area contributed by atoms with E-state index < -0.39 is 37.0 Å². The van der Waals surface area contributed by atoms with Gasteiger partial charge < -0.3 is 40.5 Å². The Morgan fingerprint density at radius 1 is 0.865 bits per heavy atom. The fourth-order valence-electron chi connectivity index (χ4n) is 6.45. The van der Waals surface area contributed by atoms with Crippen molar-refractivity contribution in [3.63, 3.8) is 0 Å². The van der Waals surface area contributed by atoms with Crippen LogP contribution in [0.4, 0.5) is 28.6 Å². The molecule has 52 heavy (non-hydrogen) atoms. The molecular formula is C36H43F3N6O6S. The number of thiophene rings is 1. The maximum atomic E-state index is 12.8. The lowest BCUT2D eigenvalue weighted by Crippen LogP contribution is -2.39. The molecule has 12 nitrogen and oxygen atoms in total. The average molecular weight is 745 g/mol. The van der Waals surface area contributed by atoms with Crippen LogP contribution in [-0.4, -0.2) is 89.0 Å². The summed E-state index contributed by atoms with van der Waals surface area (Å²) in [6, 6.07) is 19.6. The Labute approximate surface area is 303 Å². The number of carbonyl (C=O) groups is 2. The molecule has 4 aromatic rings. The average Bonchev–Trinajstić information content (AvgIpc) is 3.81. The number of anilines is 1. The summed E-state index contributed by atoms with van der Waals surface area (Å²) in [6.07, 6.45) is -4.16. The lowest BCUT2D eigenvalue weighted by atomic mass is 10.1. The lowest BCUT2D eigenvalue weighted by molar-refractivity contribution is -0.126. The molecule has 0 bridgehead atoms. The summed E-state index contributed by atoms with van der Waals surface area (Å²) in [6.45, 7) is 0.403. The molecule has 2 aliphatic carbocycles. The first-order chi connectivity index (χ1) is 24.9. The fourth-order valence-corrected chi connectivity index (χ4v) is 7.47. The molecule has 16 heteroatoms. The van der Waals surface area contributed by atoms with Gasteiger partial charge in [-0.15, -0.1) is 11.3 Å². The van der Waals surface area contributed by atoms with Crippen molar-refractivity contribution >= 4 is 39.6 Å². The lowest BCUT2D eigenvalue weighted by Gasteiger charge is -2.28. The second-order valence-electron chi connectivity index (χ2n) is 12.9. The number of amides is 2. The van der Waals surface area contributed by atoms with Gasteiger partial charge in [-0.25, -0.2) is 19.6 Å². The number of rotatable bonds is 10. The first-order valence-corrected chi connectivity index (χ1v) is 17.7. The number of alkyl halides is 3. The van der Waals surface area contributed by atoms with Crippen LogP contribution in [0.25, 0.3) is 10.2 Å². The Morgan fingerprint density at radius 2 is 1.42 bits per heavy atom. The molecule has 2 saturated carbocycles. The van der Waals surface area contributed by atoms with Crippen LogP contribution in [0.3, 0.4) is 0 Å². The van der Waals surface area contributed by atoms with Crippen molar-refractivity contribution in [3.8, 4) is 0 Å². The van der Waals surface area contributed by atoms with Crippen LogP contribution in [0.1, 0.15) is 41.7 Å². The highest BCUT2D eigenvalue weighted by Gasteiger charge is 2.38. The minimum Gasteiger partial charge on any atom is -0.445 e. The number of aliphatic hydroxyl groups excluding tert-OH is 2. The molecule has 2 heterocycles. The number of nitrogens with one attached hydrogen (secondary N) is 3. The number of aliphatic hydroxyl groups is 2. The zero-order valence-electron chi connectivity index (χ0n) is 28.8. The molecule has 2 aliphatic rings. The van der Waals surface area contributed by atoms with Gasteiger partial charge in [0, 0.05) is 30.1 Å². The van der Waals surface area contributed by atoms with Gasteiger partial charge in [0.25, 0.3) is 0 Å². The number of carbonyl (C=O) groups excluding carboxylic acids is 2. The van der Waals surface area contributed by atoms with Gasteiger partial charge in [0.05, 0.1) is 30.1 Å². The molecule has 0 saturated heterocycles. The van der Waals surface area contributed by atoms with E-state index in [1.807, 2.05) is 67.7 Å². The first-order valence-electron chi connectivity index (χ1n) is 16.9. The topological polar surface area (TPSA) is 158 Å². The molecule has 6 atom stereocenters. The van der Waals surface area contributed by atoms with Crippen LogP contribution >= 0.6 is 11.3 Å². The van der Waals surface area contributed by atoms with Crippen LogP contribution in [0, 0.1) is 0 Å². The molecule has 2 amide bonds. The van der Waals surface area contributed by atoms with E-state index in [-0.39, 0.29) is 42.3 Å². The van der Waals surface area contributed by atoms with E-state index in [1.54, 1.807) is 11.9 Å². The molecule has 0 unspecified atom stereocenters. The van der Waals surface area contributed by atoms with Crippen molar-refractivity contribution in [2.24, 2.45) is 0 Å². The van der Waals surface area contributed by atoms with Gasteiger partial charge in [0.1, 0.15) is 30.2 Å². The zero-order chi connectivity index (χ0) is 37.3. The van der Waals surface area contributed by atoms with Gasteiger partial charge in [-0.2, -0.15) is 13.2 Å². The number of nitrogens with zero attached hydrogens (tertiary/aromatic N) is 3. The number of aromatic nitrogens is 2. The highest BCUT2D eigenvalue weighted by atomic mass is 32.1. The summed E-state index contributed by atoms with van der Waals surface area (Å²) in [5.41, 5.74) is 1.82. The second-order valence-corrected chi connectivity index (χ2v) is 14.0. The van der Waals surface area contributed by atoms with E-state index >= 15 is 0 Å². The first kappa shape index (κ1) is 38.7. The van der Waals surface area contributed by atoms with E-state index in [2.05, 4.69) is 25.9 Å². The number of benzene rings is 2. The minimum absolute atomic E-state index is 0.0317. The largest absolute Gasteiger partial charge is 0.445 e. The molecule has 2 aromatic heterocycles. The van der Waals surface area contributed by atoms with Gasteiger partial charge in [-0.1, -0.05) is 60.7 Å². The van der Waals surface area contributed by atoms with Crippen LogP contribution in [0.2, 0.25) is 0 Å². The second kappa shape index (κ2) is 17.8. The van der Waals surface area contributed by atoms with Gasteiger partial charge in [0.2, 0.25) is 0 Å². The number of ether oxygens (including phenoxy) is 2. The van der Waals surface area contributed by atoms with Gasteiger partial charge in [-0.05, 0) is 49.9 Å². The summed E-state index contributed by atoms with van der Waals surface area (Å²) < 4.78 is 48.8. The normalized spacial score (nSPS) is 22.7. The fraction of sp³-hybridized carbons (Fsp3) is 0.444. The third kappa shape index (κ3) is 11.0. The van der Waals surface area contributed by atoms with Gasteiger partial charge >= 0.3 is 18.4 Å². The van der Waals surface area contributed by atoms with E-state index in [1.165, 1.54) is 12.4 Å². The molecule has 2 fully saturated rings. The number of hydrogen-bond acceptors (Lipinski definition) is 11. The van der Waals surface area contributed by atoms with Crippen molar-refractivity contribution in [2.75, 3.05) is 19.0 Å². The number of hydrogen-bond donors (Lipinski definition) is 5. The predicted octanol–water partition coefficient (Wildman–Crippen LogP) is 5.07. The predicted molar refractivity (Wildman–Crippen MR) is 190 cm³/mol. The third-order valence-corrected chi connectivity index (χ3v) is 10.1. The Morgan fingerprint density at radius 3 is 1.96 bits per heavy atom. The highest BCUT2D eigenvalue weighted by Crippen LogP contribution is 2.36. The summed E-state index contributed by atoms with van der Waals surface area (Å²) >= 11 is 0.978. The Hall–Kier alpha value is -4.51. The maximum Gasteiger partial charge on any atom is 0.407 e. The molecule has 280 valence electrons. The van der Waals surface area contributed by atoms with Crippen molar-refractivity contribution in [1.82, 2.24) is 25.9 Å². The SMILES string of the molecule is CN(c1ncnc2sc(CC(F)(F)F)cc12)[C@H]1C[C@@H](NC(=O)OCc2ccccc2)C[C@H]1O.CN[C@H]1C[C@@H](NC(=O)OCc2ccccc2)C[C@H]1O. The summed E-state index contributed by atoms with van der Waals surface area (Å²) in [5.74, 6) is 0.445. The number of halogens is 3. The van der Waals surface area contributed by atoms with Gasteiger partial charge in [-0.3, -0.25) is 0 Å². The molecule has 0 aliphatic heterocycles. The molecule has 6 rings (SSSR count). The molecule has 0 spiro atoms. The monoisotopic (exact) mass is 744 g/mol. The quantitative estimate of drug-likeness (QED) is 0.149. The number of alkyl carbamates (subject to hydrolysis) is 2. The van der Waals surface area contributed by atoms with Crippen LogP contribution in [0.15, 0.2) is 73.1 Å². The summed E-state index contributed by atoms with van der Waals surface area (Å²) in [7, 11) is 3.54. The minimum atomic E-state index is -4.31. The van der Waals surface area contributed by atoms with E-state index in [4.69, 9.17) is 9.47 Å². The van der Waals surface area contributed by atoms with E-state index in [9.17, 15) is 33.0 Å². The van der Waals surface area contributed by atoms with Crippen molar-refractivity contribution in [2.45, 2.75) is 87.9 Å². The van der Waals surface area contributed by atoms with Crippen LogP contribution in [-0.2, 0) is 29.1 Å². The van der Waals surface area contributed by atoms with Crippen molar-refractivity contribution in [3.05, 3.63) is 89.1 Å². The molecular weight excluding hydrogens is 701 g/mol. The van der Waals surface area contributed by atoms with Crippen LogP contribution < -0.4 is 20.9 Å². The third-order valence-electron chi connectivity index (χ3n) is 9.03. The molecule has 5 N–H and O–H groups in total. The highest BCUT2D eigenvalue weighted by molar-refractivity contribution is 7.18. The smallest absolute Gasteiger partial charge is 0.407 e. The van der Waals surface area contributed by atoms with E-state index in [0.717, 1.165) is 28.9 Å². The number of fused-ring (bicyclic) bond motifs is 1. The summed E-state index contributed by atoms with van der Waals surface area (Å²) in [5, 5.41) is 29.4. The Kier molecular flexibility index (Phi) is 13.3.